The van der Waals surface area contributed by atoms with Crippen LogP contribution in [0.5, 0.6) is 0 Å². The van der Waals surface area contributed by atoms with E-state index in [1.165, 1.54) is 39.3 Å². The van der Waals surface area contributed by atoms with Crippen molar-refractivity contribution in [1.29, 1.82) is 0 Å². The zero-order chi connectivity index (χ0) is 53.2. The molecule has 0 spiro atoms. The quantitative estimate of drug-likeness (QED) is 0.142. The molecule has 2 saturated heterocycles. The van der Waals surface area contributed by atoms with Crippen LogP contribution in [0.4, 0.5) is 0 Å². The maximum Gasteiger partial charge on any atom is 0.494 e. The molecule has 2 fully saturated rings. The molecule has 74 heavy (non-hydrogen) atoms. The molecule has 6 aromatic carbocycles. The van der Waals surface area contributed by atoms with Crippen LogP contribution in [0.25, 0.3) is 56.4 Å². The second kappa shape index (κ2) is 20.1. The summed E-state index contributed by atoms with van der Waals surface area (Å²) in [6.45, 7) is 30.2. The van der Waals surface area contributed by atoms with Crippen molar-refractivity contribution in [3.05, 3.63) is 190 Å². The van der Waals surface area contributed by atoms with Gasteiger partial charge < -0.3 is 27.8 Å². The van der Waals surface area contributed by atoms with Crippen LogP contribution in [0.15, 0.2) is 179 Å². The Morgan fingerprint density at radius 3 is 0.784 bits per heavy atom. The molecule has 0 amide bonds. The molecule has 0 aliphatic carbocycles. The average Bonchev–Trinajstić information content (AvgIpc) is 4.09. The van der Waals surface area contributed by atoms with Gasteiger partial charge in [-0.15, -0.1) is 0 Å². The van der Waals surface area contributed by atoms with Gasteiger partial charge in [0, 0.05) is 20.3 Å². The highest BCUT2D eigenvalue weighted by molar-refractivity contribution is 9.10. The Balaban J connectivity index is 0.000000200. The Bertz CT molecular complexity index is 3040. The van der Waals surface area contributed by atoms with Crippen LogP contribution in [0.3, 0.4) is 0 Å². The van der Waals surface area contributed by atoms with Gasteiger partial charge in [0.25, 0.3) is 0 Å². The van der Waals surface area contributed by atoms with E-state index in [1.807, 2.05) is 0 Å². The molecule has 6 nitrogen and oxygen atoms in total. The van der Waals surface area contributed by atoms with Crippen LogP contribution >= 0.6 is 31.9 Å². The fourth-order valence-electron chi connectivity index (χ4n) is 9.37. The maximum absolute atomic E-state index is 6.31. The number of rotatable bonds is 8. The van der Waals surface area contributed by atoms with E-state index in [1.54, 1.807) is 0 Å². The summed E-state index contributed by atoms with van der Waals surface area (Å²) >= 11 is 7.09. The van der Waals surface area contributed by atoms with Crippen molar-refractivity contribution in [2.24, 2.45) is 0 Å². The third-order valence-electron chi connectivity index (χ3n) is 15.5. The van der Waals surface area contributed by atoms with Crippen molar-refractivity contribution >= 4 is 57.0 Å². The molecule has 0 bridgehead atoms. The minimum atomic E-state index is -0.390. The summed E-state index contributed by atoms with van der Waals surface area (Å²) in [5.41, 5.74) is 14.9. The fourth-order valence-corrected chi connectivity index (χ4v) is 9.90. The van der Waals surface area contributed by atoms with Crippen molar-refractivity contribution in [1.82, 2.24) is 9.13 Å². The molecule has 0 unspecified atom stereocenters. The SMILES string of the molecule is CC(C)(C)c1ccc(-n2c(-c3ccc(B4OC(C)(C)C(C)(C)O4)cc3)ccc2-c2ccc(B3OC(C)(C)C(C)(C)O3)cc2)cc1.CC(C)(C)c1ccc(-n2c(-c3ccc(Br)cc3)ccc2-c2ccc(Br)cc2)cc1. The summed E-state index contributed by atoms with van der Waals surface area (Å²) in [5.74, 6) is 0. The predicted molar refractivity (Wildman–Crippen MR) is 318 cm³/mol. The largest absolute Gasteiger partial charge is 0.494 e. The van der Waals surface area contributed by atoms with Gasteiger partial charge in [0.05, 0.1) is 45.2 Å². The lowest BCUT2D eigenvalue weighted by Crippen LogP contribution is -2.41. The van der Waals surface area contributed by atoms with Gasteiger partial charge in [0.15, 0.2) is 0 Å². The molecule has 2 aromatic heterocycles. The molecule has 380 valence electrons. The Labute approximate surface area is 458 Å². The molecule has 2 aliphatic rings. The number of aromatic nitrogens is 2. The van der Waals surface area contributed by atoms with Crippen molar-refractivity contribution in [2.75, 3.05) is 0 Å². The Hall–Kier alpha value is -5.19. The van der Waals surface area contributed by atoms with Gasteiger partial charge in [-0.2, -0.15) is 0 Å². The van der Waals surface area contributed by atoms with E-state index in [9.17, 15) is 0 Å². The van der Waals surface area contributed by atoms with E-state index in [4.69, 9.17) is 18.6 Å². The Kier molecular flexibility index (Phi) is 14.5. The van der Waals surface area contributed by atoms with E-state index in [0.29, 0.717) is 0 Å². The lowest BCUT2D eigenvalue weighted by Gasteiger charge is -2.32. The monoisotopic (exact) mass is 1110 g/mol. The van der Waals surface area contributed by atoms with Gasteiger partial charge in [-0.3, -0.25) is 0 Å². The zero-order valence-electron chi connectivity index (χ0n) is 45.6. The van der Waals surface area contributed by atoms with Crippen molar-refractivity contribution in [2.45, 2.75) is 130 Å². The third-order valence-corrected chi connectivity index (χ3v) is 16.5. The fraction of sp³-hybridized carbons (Fsp3) is 0.312. The number of nitrogens with zero attached hydrogens (tertiary/aromatic N) is 2. The van der Waals surface area contributed by atoms with Gasteiger partial charge >= 0.3 is 14.2 Å². The smallest absolute Gasteiger partial charge is 0.399 e. The Morgan fingerprint density at radius 2 is 0.554 bits per heavy atom. The predicted octanol–water partition coefficient (Wildman–Crippen LogP) is 16.3. The molecule has 10 heteroatoms. The standard InChI is InChI=1S/C38H47B2NO4.C26H23Br2N/c1-34(2,3)28-16-22-31(23-17-28)41-32(26-12-18-29(19-13-26)39-42-35(4,5)36(6,7)43-39)24-25-33(41)27-14-20-30(21-15-27)40-44-37(8,9)38(10,11)45-40;1-26(2,3)20-8-14-23(15-9-20)29-24(18-4-10-21(27)11-5-18)16-17-25(29)19-6-12-22(28)13-7-19/h12-25H,1-11H3;4-17H,1-3H3. The first kappa shape index (κ1) is 53.6. The molecule has 4 heterocycles. The summed E-state index contributed by atoms with van der Waals surface area (Å²) in [5, 5.41) is 0. The van der Waals surface area contributed by atoms with Crippen molar-refractivity contribution in [3.63, 3.8) is 0 Å². The van der Waals surface area contributed by atoms with Crippen LogP contribution in [0.1, 0.15) is 108 Å². The highest BCUT2D eigenvalue weighted by Gasteiger charge is 2.52. The maximum atomic E-state index is 6.31. The Morgan fingerprint density at radius 1 is 0.324 bits per heavy atom. The van der Waals surface area contributed by atoms with Crippen LogP contribution in [-0.4, -0.2) is 45.8 Å². The molecule has 2 aliphatic heterocycles. The lowest BCUT2D eigenvalue weighted by molar-refractivity contribution is 0.00578. The molecule has 0 atom stereocenters. The highest BCUT2D eigenvalue weighted by atomic mass is 79.9. The molecule has 0 N–H and O–H groups in total. The first-order valence-electron chi connectivity index (χ1n) is 25.8. The van der Waals surface area contributed by atoms with Crippen molar-refractivity contribution in [3.8, 4) is 56.4 Å². The normalized spacial score (nSPS) is 16.8. The summed E-state index contributed by atoms with van der Waals surface area (Å²) in [6.07, 6.45) is 0. The average molecular weight is 1110 g/mol. The first-order valence-corrected chi connectivity index (χ1v) is 27.4. The number of halogens is 2. The van der Waals surface area contributed by atoms with Crippen LogP contribution in [-0.2, 0) is 29.4 Å². The summed E-state index contributed by atoms with van der Waals surface area (Å²) in [4.78, 5) is 0. The lowest BCUT2D eigenvalue weighted by atomic mass is 9.78. The summed E-state index contributed by atoms with van der Waals surface area (Å²) in [7, 11) is -0.780. The number of benzene rings is 6. The molecule has 10 rings (SSSR count). The molecule has 0 radical (unpaired) electrons. The summed E-state index contributed by atoms with van der Waals surface area (Å²) in [6, 6.07) is 60.9. The van der Waals surface area contributed by atoms with Gasteiger partial charge in [0.1, 0.15) is 0 Å². The van der Waals surface area contributed by atoms with E-state index in [0.717, 1.165) is 48.1 Å². The van der Waals surface area contributed by atoms with Crippen molar-refractivity contribution < 1.29 is 18.6 Å². The van der Waals surface area contributed by atoms with Gasteiger partial charge in [-0.25, -0.2) is 0 Å². The van der Waals surface area contributed by atoms with Gasteiger partial charge in [0.2, 0.25) is 0 Å². The first-order chi connectivity index (χ1) is 34.7. The molecular formula is C64H70B2Br2N2O4. The van der Waals surface area contributed by atoms with E-state index in [2.05, 4.69) is 308 Å². The topological polar surface area (TPSA) is 46.8 Å². The van der Waals surface area contributed by atoms with Crippen LogP contribution < -0.4 is 10.9 Å². The zero-order valence-corrected chi connectivity index (χ0v) is 48.8. The molecule has 0 saturated carbocycles. The minimum Gasteiger partial charge on any atom is -0.399 e. The van der Waals surface area contributed by atoms with E-state index >= 15 is 0 Å². The van der Waals surface area contributed by atoms with E-state index in [-0.39, 0.29) is 47.5 Å². The summed E-state index contributed by atoms with van der Waals surface area (Å²) < 4.78 is 32.1. The van der Waals surface area contributed by atoms with Crippen LogP contribution in [0.2, 0.25) is 0 Å². The van der Waals surface area contributed by atoms with Gasteiger partial charge in [-0.1, -0.05) is 170 Å². The van der Waals surface area contributed by atoms with Gasteiger partial charge in [-0.05, 0) is 183 Å². The number of hydrogen-bond acceptors (Lipinski definition) is 4. The van der Waals surface area contributed by atoms with Crippen LogP contribution in [0, 0.1) is 0 Å². The van der Waals surface area contributed by atoms with E-state index < -0.39 is 0 Å². The highest BCUT2D eigenvalue weighted by Crippen LogP contribution is 2.40. The second-order valence-corrected chi connectivity index (χ2v) is 25.7. The second-order valence-electron chi connectivity index (χ2n) is 23.9. The molecular weight excluding hydrogens is 1040 g/mol. The third kappa shape index (κ3) is 10.9. The number of hydrogen-bond donors (Lipinski definition) is 0. The molecule has 8 aromatic rings. The minimum absolute atomic E-state index is 0.0769.